The Bertz CT molecular complexity index is 636. The fourth-order valence-corrected chi connectivity index (χ4v) is 5.00. The quantitative estimate of drug-likeness (QED) is 0.453. The topological polar surface area (TPSA) is 72.4 Å². The molecule has 1 aromatic rings. The Labute approximate surface area is 151 Å². The third kappa shape index (κ3) is 3.45. The summed E-state index contributed by atoms with van der Waals surface area (Å²) in [5.74, 6) is 0. The van der Waals surface area contributed by atoms with Crippen molar-refractivity contribution in [1.82, 2.24) is 4.90 Å². The molecule has 0 aromatic heterocycles. The minimum atomic E-state index is -0.387. The molecule has 2 fully saturated rings. The molecule has 1 heterocycles. The lowest BCUT2D eigenvalue weighted by Crippen LogP contribution is -2.44. The summed E-state index contributed by atoms with van der Waals surface area (Å²) in [6.07, 6.45) is 9.26. The zero-order chi connectivity index (χ0) is 17.3. The number of piperidine rings is 1. The number of hydrogen-bond acceptors (Lipinski definition) is 4. The molecule has 0 amide bonds. The number of halogens is 1. The van der Waals surface area contributed by atoms with Crippen LogP contribution in [0.15, 0.2) is 10.5 Å². The number of nitrogen functional groups attached to an aromatic ring is 1. The fraction of sp³-hybridized carbons (Fsp3) is 0.667. The molecular formula is C18H26BrN3O2. The monoisotopic (exact) mass is 395 g/mol. The number of rotatable bonds is 3. The minimum Gasteiger partial charge on any atom is -0.393 e. The summed E-state index contributed by atoms with van der Waals surface area (Å²) < 4.78 is 0.766. The number of anilines is 1. The van der Waals surface area contributed by atoms with Crippen LogP contribution in [0.3, 0.4) is 0 Å². The minimum absolute atomic E-state index is 0.00636. The summed E-state index contributed by atoms with van der Waals surface area (Å²) in [4.78, 5) is 13.3. The molecule has 5 nitrogen and oxygen atoms in total. The highest BCUT2D eigenvalue weighted by Crippen LogP contribution is 2.44. The zero-order valence-corrected chi connectivity index (χ0v) is 15.9. The molecule has 1 saturated heterocycles. The Balaban J connectivity index is 1.84. The van der Waals surface area contributed by atoms with Gasteiger partial charge in [-0.05, 0) is 50.1 Å². The molecule has 1 aliphatic heterocycles. The van der Waals surface area contributed by atoms with Gasteiger partial charge in [-0.15, -0.1) is 0 Å². The second-order valence-corrected chi connectivity index (χ2v) is 8.38. The molecule has 3 rings (SSSR count). The van der Waals surface area contributed by atoms with Gasteiger partial charge in [-0.1, -0.05) is 35.2 Å². The summed E-state index contributed by atoms with van der Waals surface area (Å²) in [6.45, 7) is 4.85. The SMILES string of the molecule is Cc1c(Br)cc([N+](=O)[O-])c(N)c1CN1CCCC2(CCCCC2)C1. The highest BCUT2D eigenvalue weighted by Gasteiger charge is 2.36. The van der Waals surface area contributed by atoms with Gasteiger partial charge in [-0.3, -0.25) is 15.0 Å². The summed E-state index contributed by atoms with van der Waals surface area (Å²) in [7, 11) is 0. The maximum atomic E-state index is 11.3. The molecule has 0 unspecified atom stereocenters. The van der Waals surface area contributed by atoms with Crippen molar-refractivity contribution in [2.45, 2.75) is 58.4 Å². The zero-order valence-electron chi connectivity index (χ0n) is 14.3. The molecule has 6 heteroatoms. The van der Waals surface area contributed by atoms with E-state index in [2.05, 4.69) is 20.8 Å². The molecule has 0 radical (unpaired) electrons. The molecule has 1 spiro atoms. The van der Waals surface area contributed by atoms with E-state index < -0.39 is 0 Å². The van der Waals surface area contributed by atoms with Crippen molar-refractivity contribution in [1.29, 1.82) is 0 Å². The van der Waals surface area contributed by atoms with Gasteiger partial charge in [-0.25, -0.2) is 0 Å². The highest BCUT2D eigenvalue weighted by molar-refractivity contribution is 9.10. The van der Waals surface area contributed by atoms with Crippen LogP contribution in [0.4, 0.5) is 11.4 Å². The van der Waals surface area contributed by atoms with E-state index in [9.17, 15) is 10.1 Å². The molecule has 2 N–H and O–H groups in total. The molecular weight excluding hydrogens is 370 g/mol. The Morgan fingerprint density at radius 2 is 1.96 bits per heavy atom. The van der Waals surface area contributed by atoms with E-state index >= 15 is 0 Å². The maximum absolute atomic E-state index is 11.3. The van der Waals surface area contributed by atoms with Gasteiger partial charge in [0.2, 0.25) is 0 Å². The van der Waals surface area contributed by atoms with Crippen LogP contribution in [0.25, 0.3) is 0 Å². The molecule has 1 aliphatic carbocycles. The number of nitro benzene ring substituents is 1. The van der Waals surface area contributed by atoms with Crippen LogP contribution in [-0.2, 0) is 6.54 Å². The average Bonchev–Trinajstić information content (AvgIpc) is 2.55. The third-order valence-electron chi connectivity index (χ3n) is 5.91. The number of nitro groups is 1. The molecule has 1 saturated carbocycles. The number of benzene rings is 1. The van der Waals surface area contributed by atoms with Gasteiger partial charge in [0.05, 0.1) is 4.92 Å². The van der Waals surface area contributed by atoms with Crippen LogP contribution in [0.1, 0.15) is 56.1 Å². The fourth-order valence-electron chi connectivity index (χ4n) is 4.54. The first kappa shape index (κ1) is 17.7. The molecule has 2 aliphatic rings. The van der Waals surface area contributed by atoms with Crippen molar-refractivity contribution in [2.24, 2.45) is 5.41 Å². The van der Waals surface area contributed by atoms with E-state index in [0.29, 0.717) is 17.6 Å². The van der Waals surface area contributed by atoms with Crippen molar-refractivity contribution >= 4 is 27.3 Å². The molecule has 132 valence electrons. The van der Waals surface area contributed by atoms with Crippen LogP contribution >= 0.6 is 15.9 Å². The molecule has 0 bridgehead atoms. The summed E-state index contributed by atoms with van der Waals surface area (Å²) in [5.41, 5.74) is 8.87. The second kappa shape index (κ2) is 7.00. The van der Waals surface area contributed by atoms with Crippen LogP contribution in [0.2, 0.25) is 0 Å². The normalized spacial score (nSPS) is 21.1. The van der Waals surface area contributed by atoms with E-state index in [0.717, 1.165) is 28.7 Å². The van der Waals surface area contributed by atoms with Gasteiger partial charge >= 0.3 is 0 Å². The first-order chi connectivity index (χ1) is 11.4. The largest absolute Gasteiger partial charge is 0.393 e. The van der Waals surface area contributed by atoms with Crippen molar-refractivity contribution < 1.29 is 4.92 Å². The van der Waals surface area contributed by atoms with Gasteiger partial charge in [0, 0.05) is 29.2 Å². The van der Waals surface area contributed by atoms with Crippen molar-refractivity contribution in [3.63, 3.8) is 0 Å². The van der Waals surface area contributed by atoms with Crippen LogP contribution in [0.5, 0.6) is 0 Å². The molecule has 0 atom stereocenters. The van der Waals surface area contributed by atoms with E-state index in [-0.39, 0.29) is 10.6 Å². The summed E-state index contributed by atoms with van der Waals surface area (Å²) >= 11 is 3.46. The van der Waals surface area contributed by atoms with E-state index in [1.165, 1.54) is 51.0 Å². The standard InChI is InChI=1S/C18H26BrN3O2/c1-13-14(17(20)16(22(23)24)10-15(13)19)11-21-9-5-8-18(12-21)6-3-2-4-7-18/h10H,2-9,11-12,20H2,1H3. The Morgan fingerprint density at radius 1 is 1.29 bits per heavy atom. The Hall–Kier alpha value is -1.14. The van der Waals surface area contributed by atoms with Gasteiger partial charge < -0.3 is 5.73 Å². The van der Waals surface area contributed by atoms with Gasteiger partial charge in [0.1, 0.15) is 5.69 Å². The summed E-state index contributed by atoms with van der Waals surface area (Å²) in [5, 5.41) is 11.3. The molecule has 1 aromatic carbocycles. The predicted molar refractivity (Wildman–Crippen MR) is 100.0 cm³/mol. The van der Waals surface area contributed by atoms with Crippen LogP contribution in [0, 0.1) is 22.5 Å². The van der Waals surface area contributed by atoms with Crippen LogP contribution < -0.4 is 5.73 Å². The van der Waals surface area contributed by atoms with Gasteiger partial charge in [-0.2, -0.15) is 0 Å². The molecule has 24 heavy (non-hydrogen) atoms. The predicted octanol–water partition coefficient (Wildman–Crippen LogP) is 4.79. The number of nitrogens with two attached hydrogens (primary N) is 1. The lowest BCUT2D eigenvalue weighted by molar-refractivity contribution is -0.384. The Morgan fingerprint density at radius 3 is 2.62 bits per heavy atom. The Kier molecular flexibility index (Phi) is 5.16. The van der Waals surface area contributed by atoms with Gasteiger partial charge in [0.25, 0.3) is 5.69 Å². The first-order valence-corrected chi connectivity index (χ1v) is 9.65. The second-order valence-electron chi connectivity index (χ2n) is 7.53. The summed E-state index contributed by atoms with van der Waals surface area (Å²) in [6, 6.07) is 1.52. The third-order valence-corrected chi connectivity index (χ3v) is 6.73. The first-order valence-electron chi connectivity index (χ1n) is 8.86. The smallest absolute Gasteiger partial charge is 0.293 e. The highest BCUT2D eigenvalue weighted by atomic mass is 79.9. The van der Waals surface area contributed by atoms with E-state index in [1.54, 1.807) is 0 Å². The van der Waals surface area contributed by atoms with Crippen molar-refractivity contribution in [3.05, 3.63) is 31.8 Å². The number of hydrogen-bond donors (Lipinski definition) is 1. The van der Waals surface area contributed by atoms with Crippen molar-refractivity contribution in [2.75, 3.05) is 18.8 Å². The maximum Gasteiger partial charge on any atom is 0.293 e. The average molecular weight is 396 g/mol. The van der Waals surface area contributed by atoms with Crippen LogP contribution in [-0.4, -0.2) is 22.9 Å². The number of nitrogens with zero attached hydrogens (tertiary/aromatic N) is 2. The van der Waals surface area contributed by atoms with Crippen molar-refractivity contribution in [3.8, 4) is 0 Å². The number of likely N-dealkylation sites (tertiary alicyclic amines) is 1. The van der Waals surface area contributed by atoms with E-state index in [1.807, 2.05) is 6.92 Å². The van der Waals surface area contributed by atoms with E-state index in [4.69, 9.17) is 5.73 Å². The lowest BCUT2D eigenvalue weighted by Gasteiger charge is -2.45. The lowest BCUT2D eigenvalue weighted by atomic mass is 9.69. The van der Waals surface area contributed by atoms with Gasteiger partial charge in [0.15, 0.2) is 0 Å².